The van der Waals surface area contributed by atoms with Crippen molar-refractivity contribution in [1.82, 2.24) is 0 Å². The summed E-state index contributed by atoms with van der Waals surface area (Å²) in [6.45, 7) is 8.14. The predicted molar refractivity (Wildman–Crippen MR) is 111 cm³/mol. The maximum Gasteiger partial charge on any atom is 0.309 e. The third kappa shape index (κ3) is 6.72. The van der Waals surface area contributed by atoms with Crippen molar-refractivity contribution in [2.45, 2.75) is 46.5 Å². The van der Waals surface area contributed by atoms with Crippen LogP contribution in [0, 0.1) is 13.8 Å². The van der Waals surface area contributed by atoms with E-state index in [1.807, 2.05) is 56.3 Å². The van der Waals surface area contributed by atoms with E-state index >= 15 is 0 Å². The zero-order chi connectivity index (χ0) is 20.5. The number of esters is 1. The van der Waals surface area contributed by atoms with Crippen molar-refractivity contribution in [3.05, 3.63) is 59.2 Å². The summed E-state index contributed by atoms with van der Waals surface area (Å²) < 4.78 is 10.6. The van der Waals surface area contributed by atoms with Gasteiger partial charge in [0.25, 0.3) is 5.91 Å². The molecule has 0 aliphatic heterocycles. The number of hydrogen-bond acceptors (Lipinski definition) is 4. The second-order valence-corrected chi connectivity index (χ2v) is 7.01. The molecule has 0 saturated carbocycles. The minimum Gasteiger partial charge on any atom is -0.493 e. The molecule has 0 radical (unpaired) electrons. The van der Waals surface area contributed by atoms with E-state index in [-0.39, 0.29) is 25.5 Å². The zero-order valence-corrected chi connectivity index (χ0v) is 17.1. The van der Waals surface area contributed by atoms with Crippen LogP contribution < -0.4 is 10.1 Å². The Labute approximate surface area is 167 Å². The summed E-state index contributed by atoms with van der Waals surface area (Å²) in [7, 11) is 0. The first-order valence-corrected chi connectivity index (χ1v) is 9.64. The Morgan fingerprint density at radius 3 is 2.46 bits per heavy atom. The minimum absolute atomic E-state index is 0.0876. The second kappa shape index (κ2) is 10.5. The van der Waals surface area contributed by atoms with E-state index in [4.69, 9.17) is 9.47 Å². The Morgan fingerprint density at radius 1 is 1.07 bits per heavy atom. The van der Waals surface area contributed by atoms with E-state index in [1.54, 1.807) is 0 Å². The molecule has 1 amide bonds. The van der Waals surface area contributed by atoms with E-state index < -0.39 is 5.97 Å². The lowest BCUT2D eigenvalue weighted by atomic mass is 9.99. The quantitative estimate of drug-likeness (QED) is 0.634. The van der Waals surface area contributed by atoms with Crippen LogP contribution in [0.4, 0.5) is 5.69 Å². The molecule has 150 valence electrons. The van der Waals surface area contributed by atoms with Crippen LogP contribution in [0.1, 0.15) is 49.3 Å². The molecule has 0 aliphatic rings. The molecular formula is C23H29NO4. The number of aryl methyl sites for hydroxylation is 2. The molecule has 1 atom stereocenters. The molecule has 5 heteroatoms. The molecule has 2 aromatic rings. The Kier molecular flexibility index (Phi) is 8.05. The van der Waals surface area contributed by atoms with Gasteiger partial charge in [0.1, 0.15) is 5.75 Å². The van der Waals surface area contributed by atoms with Crippen molar-refractivity contribution in [3.63, 3.8) is 0 Å². The minimum atomic E-state index is -0.465. The SMILES string of the molecule is CC[C@@H](C)c1ccc(NC(=O)COC(=O)CCOc2cc(C)ccc2C)cc1. The summed E-state index contributed by atoms with van der Waals surface area (Å²) in [6, 6.07) is 13.6. The van der Waals surface area contributed by atoms with Gasteiger partial charge in [-0.1, -0.05) is 38.1 Å². The lowest BCUT2D eigenvalue weighted by Crippen LogP contribution is -2.21. The van der Waals surface area contributed by atoms with Gasteiger partial charge in [0.2, 0.25) is 0 Å². The normalized spacial score (nSPS) is 11.6. The van der Waals surface area contributed by atoms with Gasteiger partial charge in [-0.2, -0.15) is 0 Å². The fourth-order valence-electron chi connectivity index (χ4n) is 2.65. The summed E-state index contributed by atoms with van der Waals surface area (Å²) in [5.74, 6) is 0.413. The molecule has 0 heterocycles. The summed E-state index contributed by atoms with van der Waals surface area (Å²) in [5.41, 5.74) is 4.02. The van der Waals surface area contributed by atoms with Gasteiger partial charge in [-0.05, 0) is 61.1 Å². The van der Waals surface area contributed by atoms with Gasteiger partial charge >= 0.3 is 5.97 Å². The molecule has 28 heavy (non-hydrogen) atoms. The smallest absolute Gasteiger partial charge is 0.309 e. The van der Waals surface area contributed by atoms with Crippen molar-refractivity contribution in [1.29, 1.82) is 0 Å². The first kappa shape index (κ1) is 21.5. The molecule has 0 bridgehead atoms. The molecule has 0 fully saturated rings. The van der Waals surface area contributed by atoms with Crippen molar-refractivity contribution >= 4 is 17.6 Å². The fourth-order valence-corrected chi connectivity index (χ4v) is 2.65. The average Bonchev–Trinajstić information content (AvgIpc) is 2.69. The number of ether oxygens (including phenoxy) is 2. The van der Waals surface area contributed by atoms with Gasteiger partial charge in [-0.25, -0.2) is 0 Å². The van der Waals surface area contributed by atoms with Crippen LogP contribution in [-0.2, 0) is 14.3 Å². The number of carbonyl (C=O) groups excluding carboxylic acids is 2. The maximum atomic E-state index is 11.9. The number of rotatable bonds is 9. The summed E-state index contributed by atoms with van der Waals surface area (Å²) >= 11 is 0. The summed E-state index contributed by atoms with van der Waals surface area (Å²) in [6.07, 6.45) is 1.15. The van der Waals surface area contributed by atoms with E-state index in [9.17, 15) is 9.59 Å². The largest absolute Gasteiger partial charge is 0.493 e. The van der Waals surface area contributed by atoms with Crippen molar-refractivity contribution in [3.8, 4) is 5.75 Å². The first-order valence-electron chi connectivity index (χ1n) is 9.64. The standard InChI is InChI=1S/C23H29NO4/c1-5-17(3)19-8-10-20(11-9-19)24-22(25)15-28-23(26)12-13-27-21-14-16(2)6-7-18(21)4/h6-11,14,17H,5,12-13,15H2,1-4H3,(H,24,25)/t17-/m1/s1. The third-order valence-corrected chi connectivity index (χ3v) is 4.65. The van der Waals surface area contributed by atoms with Crippen LogP contribution in [0.15, 0.2) is 42.5 Å². The Balaban J connectivity index is 1.70. The molecular weight excluding hydrogens is 354 g/mol. The number of benzene rings is 2. The molecule has 0 spiro atoms. The first-order chi connectivity index (χ1) is 13.4. The van der Waals surface area contributed by atoms with Gasteiger partial charge in [-0.15, -0.1) is 0 Å². The van der Waals surface area contributed by atoms with Crippen LogP contribution >= 0.6 is 0 Å². The van der Waals surface area contributed by atoms with Crippen molar-refractivity contribution in [2.75, 3.05) is 18.5 Å². The Morgan fingerprint density at radius 2 is 1.79 bits per heavy atom. The maximum absolute atomic E-state index is 11.9. The third-order valence-electron chi connectivity index (χ3n) is 4.65. The van der Waals surface area contributed by atoms with E-state index in [1.165, 1.54) is 5.56 Å². The van der Waals surface area contributed by atoms with Crippen molar-refractivity contribution < 1.29 is 19.1 Å². The number of nitrogens with one attached hydrogen (secondary N) is 1. The van der Waals surface area contributed by atoms with Crippen LogP contribution in [0.2, 0.25) is 0 Å². The number of amides is 1. The van der Waals surface area contributed by atoms with Gasteiger partial charge in [0.05, 0.1) is 13.0 Å². The van der Waals surface area contributed by atoms with Crippen LogP contribution in [0.3, 0.4) is 0 Å². The topological polar surface area (TPSA) is 64.6 Å². The lowest BCUT2D eigenvalue weighted by molar-refractivity contribution is -0.147. The molecule has 0 saturated heterocycles. The van der Waals surface area contributed by atoms with Crippen LogP contribution in [-0.4, -0.2) is 25.1 Å². The number of carbonyl (C=O) groups is 2. The van der Waals surface area contributed by atoms with Gasteiger partial charge in [-0.3, -0.25) is 9.59 Å². The summed E-state index contributed by atoms with van der Waals surface area (Å²) in [5, 5.41) is 2.73. The highest BCUT2D eigenvalue weighted by atomic mass is 16.5. The van der Waals surface area contributed by atoms with Gasteiger partial charge in [0.15, 0.2) is 6.61 Å². The molecule has 1 N–H and O–H groups in total. The van der Waals surface area contributed by atoms with Crippen LogP contribution in [0.25, 0.3) is 0 Å². The number of hydrogen-bond donors (Lipinski definition) is 1. The average molecular weight is 383 g/mol. The summed E-state index contributed by atoms with van der Waals surface area (Å²) in [4.78, 5) is 23.8. The zero-order valence-electron chi connectivity index (χ0n) is 17.1. The highest BCUT2D eigenvalue weighted by molar-refractivity contribution is 5.92. The number of anilines is 1. The molecule has 0 aliphatic carbocycles. The highest BCUT2D eigenvalue weighted by Gasteiger charge is 2.10. The molecule has 2 aromatic carbocycles. The highest BCUT2D eigenvalue weighted by Crippen LogP contribution is 2.21. The Hall–Kier alpha value is -2.82. The fraction of sp³-hybridized carbons (Fsp3) is 0.391. The van der Waals surface area contributed by atoms with Crippen molar-refractivity contribution in [2.24, 2.45) is 0 Å². The monoisotopic (exact) mass is 383 g/mol. The Bertz CT molecular complexity index is 799. The molecule has 0 aromatic heterocycles. The lowest BCUT2D eigenvalue weighted by Gasteiger charge is -2.11. The van der Waals surface area contributed by atoms with E-state index in [0.717, 1.165) is 23.3 Å². The molecule has 5 nitrogen and oxygen atoms in total. The second-order valence-electron chi connectivity index (χ2n) is 7.01. The van der Waals surface area contributed by atoms with Gasteiger partial charge < -0.3 is 14.8 Å². The van der Waals surface area contributed by atoms with E-state index in [2.05, 4.69) is 19.2 Å². The van der Waals surface area contributed by atoms with E-state index in [0.29, 0.717) is 11.6 Å². The van der Waals surface area contributed by atoms with Gasteiger partial charge in [0, 0.05) is 5.69 Å². The predicted octanol–water partition coefficient (Wildman–Crippen LogP) is 4.77. The molecule has 0 unspecified atom stereocenters. The molecule has 2 rings (SSSR count). The van der Waals surface area contributed by atoms with Crippen LogP contribution in [0.5, 0.6) is 5.75 Å².